The summed E-state index contributed by atoms with van der Waals surface area (Å²) in [6.07, 6.45) is 5.72. The Bertz CT molecular complexity index is 1650. The number of hydrogen-bond acceptors (Lipinski definition) is 4. The number of rotatable bonds is 10. The number of carboxylic acid groups (broad SMARTS) is 1. The molecule has 57 heavy (non-hydrogen) atoms. The normalized spacial score (nSPS) is 13.2. The second-order valence-corrected chi connectivity index (χ2v) is 14.6. The smallest absolute Gasteiger partial charge is 0.335 e. The van der Waals surface area contributed by atoms with Crippen molar-refractivity contribution in [2.24, 2.45) is 16.8 Å². The summed E-state index contributed by atoms with van der Waals surface area (Å²) in [6.45, 7) is 34.4. The number of halogens is 2. The highest BCUT2D eigenvalue weighted by molar-refractivity contribution is 6.32. The lowest BCUT2D eigenvalue weighted by Crippen LogP contribution is -2.34. The molecule has 7 heteroatoms. The SMILES string of the molecule is C=C(/C=C(CN1CCC(C)CC1)\C(Cl)=C/C)C(=O)O.CC.CC.CC(=Nc1ccc(C(c2ccc(C)cc2)c2ccc(C)cc2)cc1C)C(C)C.CC(C)=O.CF. The van der Waals surface area contributed by atoms with Gasteiger partial charge in [0.15, 0.2) is 0 Å². The largest absolute Gasteiger partial charge is 0.478 e. The third-order valence-electron chi connectivity index (χ3n) is 8.96. The molecule has 0 aromatic heterocycles. The van der Waals surface area contributed by atoms with Crippen LogP contribution in [0.2, 0.25) is 0 Å². The van der Waals surface area contributed by atoms with Gasteiger partial charge in [0.05, 0.1) is 18.4 Å². The second-order valence-electron chi connectivity index (χ2n) is 14.2. The van der Waals surface area contributed by atoms with Crippen molar-refractivity contribution in [3.05, 3.63) is 135 Å². The van der Waals surface area contributed by atoms with Gasteiger partial charge in [0.1, 0.15) is 5.78 Å². The maximum Gasteiger partial charge on any atom is 0.335 e. The van der Waals surface area contributed by atoms with Crippen LogP contribution in [0, 0.1) is 32.6 Å². The van der Waals surface area contributed by atoms with Gasteiger partial charge in [-0.15, -0.1) is 0 Å². The van der Waals surface area contributed by atoms with Gasteiger partial charge in [-0.05, 0) is 126 Å². The lowest BCUT2D eigenvalue weighted by atomic mass is 9.84. The molecule has 1 aliphatic rings. The molecule has 316 valence electrons. The molecule has 1 saturated heterocycles. The number of carbonyl (C=O) groups excluding carboxylic acids is 1. The molecule has 0 atom stereocenters. The molecule has 1 aliphatic heterocycles. The highest BCUT2D eigenvalue weighted by atomic mass is 35.5. The number of allylic oxidation sites excluding steroid dienone is 1. The number of hydrogen-bond donors (Lipinski definition) is 1. The molecular formula is C50H74ClFN2O3. The second kappa shape index (κ2) is 30.9. The van der Waals surface area contributed by atoms with E-state index in [-0.39, 0.29) is 17.3 Å². The number of aryl methyl sites for hydroxylation is 3. The van der Waals surface area contributed by atoms with Gasteiger partial charge in [0.2, 0.25) is 0 Å². The Kier molecular flexibility index (Phi) is 29.8. The minimum atomic E-state index is -1.01. The summed E-state index contributed by atoms with van der Waals surface area (Å²) in [6, 6.07) is 24.5. The number of alkyl halides is 1. The number of likely N-dealkylation sites (tertiary alicyclic amines) is 1. The molecule has 1 heterocycles. The predicted octanol–water partition coefficient (Wildman–Crippen LogP) is 14.2. The lowest BCUT2D eigenvalue weighted by Gasteiger charge is -2.30. The first-order chi connectivity index (χ1) is 27.0. The first-order valence-electron chi connectivity index (χ1n) is 20.3. The van der Waals surface area contributed by atoms with E-state index in [1.165, 1.54) is 65.8 Å². The van der Waals surface area contributed by atoms with Gasteiger partial charge >= 0.3 is 5.97 Å². The van der Waals surface area contributed by atoms with Crippen LogP contribution in [0.15, 0.2) is 107 Å². The van der Waals surface area contributed by atoms with Crippen LogP contribution in [0.4, 0.5) is 10.1 Å². The number of Topliss-reactive ketones (excluding diaryl/α,β-unsaturated/α-hetero) is 1. The maximum absolute atomic E-state index is 10.9. The Morgan fingerprint density at radius 3 is 1.65 bits per heavy atom. The Morgan fingerprint density at radius 1 is 0.860 bits per heavy atom. The summed E-state index contributed by atoms with van der Waals surface area (Å²) in [4.78, 5) is 27.5. The lowest BCUT2D eigenvalue weighted by molar-refractivity contribution is -0.132. The van der Waals surface area contributed by atoms with E-state index in [2.05, 4.69) is 127 Å². The molecule has 0 amide bonds. The van der Waals surface area contributed by atoms with Crippen LogP contribution >= 0.6 is 11.6 Å². The van der Waals surface area contributed by atoms with Crippen LogP contribution in [0.3, 0.4) is 0 Å². The molecule has 5 nitrogen and oxygen atoms in total. The van der Waals surface area contributed by atoms with E-state index in [1.54, 1.807) is 12.2 Å². The number of benzene rings is 3. The van der Waals surface area contributed by atoms with Gasteiger partial charge in [0, 0.05) is 23.2 Å². The third-order valence-corrected chi connectivity index (χ3v) is 9.42. The van der Waals surface area contributed by atoms with E-state index in [0.29, 0.717) is 24.7 Å². The fourth-order valence-corrected chi connectivity index (χ4v) is 5.62. The fourth-order valence-electron chi connectivity index (χ4n) is 5.51. The number of aliphatic carboxylic acids is 1. The summed E-state index contributed by atoms with van der Waals surface area (Å²) >= 11 is 6.16. The zero-order valence-corrected chi connectivity index (χ0v) is 38.7. The van der Waals surface area contributed by atoms with E-state index in [1.807, 2.05) is 34.6 Å². The van der Waals surface area contributed by atoms with E-state index in [0.717, 1.165) is 30.3 Å². The van der Waals surface area contributed by atoms with Gasteiger partial charge in [-0.1, -0.05) is 145 Å². The molecule has 0 saturated carbocycles. The predicted molar refractivity (Wildman–Crippen MR) is 247 cm³/mol. The molecular weight excluding hydrogens is 731 g/mol. The number of nitrogens with zero attached hydrogens (tertiary/aromatic N) is 2. The zero-order chi connectivity index (χ0) is 44.2. The van der Waals surface area contributed by atoms with Crippen molar-refractivity contribution in [1.29, 1.82) is 0 Å². The Hall–Kier alpha value is -4.13. The van der Waals surface area contributed by atoms with Gasteiger partial charge in [0.25, 0.3) is 0 Å². The van der Waals surface area contributed by atoms with Gasteiger partial charge in [-0.3, -0.25) is 14.3 Å². The minimum Gasteiger partial charge on any atom is -0.478 e. The standard InChI is InChI=1S/C27H31N.C15H22ClNO2.C3H6O.2C2H6.CH3F/c1-18(2)22(6)28-26-16-15-25(17-21(26)5)27(23-11-7-19(3)8-12-23)24-13-9-20(4)10-14-24;1-4-14(16)13(9-12(3)15(18)19)10-17-7-5-11(2)6-8-17;1-3(2)4;3*1-2/h7-18,27H,1-6H3;4,9,11H,3,5-8,10H2,1-2H3,(H,18,19);1-2H3;2*1-2H3;1H3/b;13-9-,14-4+;;;;. The van der Waals surface area contributed by atoms with Crippen LogP contribution in [-0.4, -0.2) is 54.3 Å². The summed E-state index contributed by atoms with van der Waals surface area (Å²) in [5.74, 6) is 0.622. The molecule has 1 fully saturated rings. The number of ketones is 1. The van der Waals surface area contributed by atoms with Crippen molar-refractivity contribution < 1.29 is 19.1 Å². The molecule has 0 aliphatic carbocycles. The van der Waals surface area contributed by atoms with Crippen molar-refractivity contribution in [2.75, 3.05) is 26.8 Å². The number of piperidine rings is 1. The molecule has 3 aromatic rings. The summed E-state index contributed by atoms with van der Waals surface area (Å²) < 4.78 is 9.50. The Balaban J connectivity index is 0. The van der Waals surface area contributed by atoms with Gasteiger partial charge in [-0.25, -0.2) is 4.79 Å². The van der Waals surface area contributed by atoms with Crippen molar-refractivity contribution >= 4 is 34.8 Å². The molecule has 0 radical (unpaired) electrons. The van der Waals surface area contributed by atoms with Crippen molar-refractivity contribution in [3.8, 4) is 0 Å². The van der Waals surface area contributed by atoms with Crippen molar-refractivity contribution in [1.82, 2.24) is 4.90 Å². The van der Waals surface area contributed by atoms with Gasteiger partial charge in [-0.2, -0.15) is 0 Å². The number of carboxylic acids is 1. The first-order valence-corrected chi connectivity index (χ1v) is 20.7. The van der Waals surface area contributed by atoms with Crippen LogP contribution in [0.5, 0.6) is 0 Å². The van der Waals surface area contributed by atoms with Crippen LogP contribution in [0.25, 0.3) is 0 Å². The molecule has 0 unspecified atom stereocenters. The third kappa shape index (κ3) is 21.8. The van der Waals surface area contributed by atoms with E-state index in [4.69, 9.17) is 21.7 Å². The minimum absolute atomic E-state index is 0.0698. The van der Waals surface area contributed by atoms with E-state index < -0.39 is 5.97 Å². The summed E-state index contributed by atoms with van der Waals surface area (Å²) in [7, 11) is 0.500. The average Bonchev–Trinajstić information content (AvgIpc) is 3.20. The zero-order valence-electron chi connectivity index (χ0n) is 37.9. The highest BCUT2D eigenvalue weighted by Gasteiger charge is 2.19. The van der Waals surface area contributed by atoms with Crippen LogP contribution in [0.1, 0.15) is 128 Å². The Morgan fingerprint density at radius 2 is 1.28 bits per heavy atom. The molecule has 1 N–H and O–H groups in total. The molecule has 3 aromatic carbocycles. The maximum atomic E-state index is 10.9. The highest BCUT2D eigenvalue weighted by Crippen LogP contribution is 2.35. The summed E-state index contributed by atoms with van der Waals surface area (Å²) in [5.41, 5.74) is 10.9. The Labute approximate surface area is 351 Å². The fraction of sp³-hybridized carbons (Fsp3) is 0.460. The molecule has 4 rings (SSSR count). The average molecular weight is 806 g/mol. The van der Waals surface area contributed by atoms with Crippen LogP contribution in [-0.2, 0) is 9.59 Å². The number of aliphatic imine (C=N–C) groups is 1. The monoisotopic (exact) mass is 805 g/mol. The van der Waals surface area contributed by atoms with Gasteiger partial charge < -0.3 is 9.90 Å². The molecule has 0 bridgehead atoms. The summed E-state index contributed by atoms with van der Waals surface area (Å²) in [5, 5.41) is 9.50. The van der Waals surface area contributed by atoms with Crippen molar-refractivity contribution in [3.63, 3.8) is 0 Å². The van der Waals surface area contributed by atoms with E-state index in [9.17, 15) is 14.0 Å². The quantitative estimate of drug-likeness (QED) is 0.0959. The van der Waals surface area contributed by atoms with Crippen LogP contribution < -0.4 is 0 Å². The molecule has 0 spiro atoms. The van der Waals surface area contributed by atoms with E-state index >= 15 is 0 Å². The topological polar surface area (TPSA) is 70.0 Å². The number of carbonyl (C=O) groups is 2. The first kappa shape index (κ1) is 55.0. The van der Waals surface area contributed by atoms with Crippen molar-refractivity contribution in [2.45, 2.75) is 116 Å².